The Morgan fingerprint density at radius 1 is 1.07 bits per heavy atom. The molecule has 2 aliphatic rings. The minimum absolute atomic E-state index is 0.00275. The molecule has 1 heterocycles. The van der Waals surface area contributed by atoms with E-state index in [1.807, 2.05) is 0 Å². The smallest absolute Gasteiger partial charge is 0.257 e. The van der Waals surface area contributed by atoms with E-state index in [1.54, 1.807) is 18.2 Å². The quantitative estimate of drug-likeness (QED) is 0.704. The Kier molecular flexibility index (Phi) is 5.64. The van der Waals surface area contributed by atoms with Crippen LogP contribution in [0.1, 0.15) is 31.2 Å². The van der Waals surface area contributed by atoms with Crippen molar-refractivity contribution in [2.45, 2.75) is 48.2 Å². The standard InChI is InChI=1S/C21H21F2N3O3S/c22-18-10-13(11-19(18)23)9-17(21(27)26-20-12-24-7-8-25-20)14-1-3-15(4-2-14)30(28,29)16-5-6-16/h1-4,7-9,12-13,16,18-19H,5-6,10-11H2,(H,25,26,27)/b17-9+/t13-,18+,19-. The van der Waals surface area contributed by atoms with Gasteiger partial charge in [0.05, 0.1) is 16.3 Å². The Labute approximate surface area is 173 Å². The second-order valence-electron chi connectivity index (χ2n) is 7.66. The summed E-state index contributed by atoms with van der Waals surface area (Å²) in [5.74, 6) is -0.710. The Balaban J connectivity index is 1.63. The van der Waals surface area contributed by atoms with E-state index < -0.39 is 34.0 Å². The molecule has 2 aromatic rings. The first kappa shape index (κ1) is 20.6. The van der Waals surface area contributed by atoms with Gasteiger partial charge in [0.15, 0.2) is 15.7 Å². The molecule has 2 fully saturated rings. The van der Waals surface area contributed by atoms with Gasteiger partial charge in [-0.3, -0.25) is 9.78 Å². The zero-order valence-electron chi connectivity index (χ0n) is 16.0. The van der Waals surface area contributed by atoms with Crippen molar-refractivity contribution in [2.75, 3.05) is 5.32 Å². The summed E-state index contributed by atoms with van der Waals surface area (Å²) < 4.78 is 52.1. The number of nitrogens with one attached hydrogen (secondary N) is 1. The molecule has 2 aliphatic carbocycles. The van der Waals surface area contributed by atoms with Gasteiger partial charge >= 0.3 is 0 Å². The summed E-state index contributed by atoms with van der Waals surface area (Å²) in [5.41, 5.74) is 0.672. The molecule has 3 atom stereocenters. The number of halogens is 2. The Morgan fingerprint density at radius 3 is 2.30 bits per heavy atom. The highest BCUT2D eigenvalue weighted by Crippen LogP contribution is 2.36. The number of anilines is 1. The maximum atomic E-state index is 13.6. The van der Waals surface area contributed by atoms with Crippen molar-refractivity contribution < 1.29 is 22.0 Å². The molecule has 158 valence electrons. The minimum Gasteiger partial charge on any atom is -0.305 e. The number of alkyl halides is 2. The molecule has 0 spiro atoms. The fourth-order valence-electron chi connectivity index (χ4n) is 3.59. The number of allylic oxidation sites excluding steroid dienone is 1. The van der Waals surface area contributed by atoms with E-state index in [9.17, 15) is 22.0 Å². The highest BCUT2D eigenvalue weighted by molar-refractivity contribution is 7.92. The van der Waals surface area contributed by atoms with Crippen molar-refractivity contribution in [3.8, 4) is 0 Å². The number of rotatable bonds is 6. The van der Waals surface area contributed by atoms with E-state index in [4.69, 9.17) is 0 Å². The van der Waals surface area contributed by atoms with E-state index in [-0.39, 0.29) is 34.4 Å². The molecule has 1 amide bonds. The predicted octanol–water partition coefficient (Wildman–Crippen LogP) is 3.52. The molecular weight excluding hydrogens is 412 g/mol. The van der Waals surface area contributed by atoms with Gasteiger partial charge in [-0.1, -0.05) is 18.2 Å². The molecule has 2 saturated carbocycles. The van der Waals surface area contributed by atoms with E-state index in [2.05, 4.69) is 15.3 Å². The van der Waals surface area contributed by atoms with Crippen LogP contribution in [0.2, 0.25) is 0 Å². The largest absolute Gasteiger partial charge is 0.305 e. The molecule has 1 aromatic carbocycles. The highest BCUT2D eigenvalue weighted by Gasteiger charge is 2.37. The van der Waals surface area contributed by atoms with Gasteiger partial charge in [-0.15, -0.1) is 0 Å². The molecule has 6 nitrogen and oxygen atoms in total. The first-order valence-electron chi connectivity index (χ1n) is 9.76. The van der Waals surface area contributed by atoms with E-state index in [1.165, 1.54) is 30.7 Å². The second-order valence-corrected chi connectivity index (χ2v) is 9.89. The van der Waals surface area contributed by atoms with Gasteiger partial charge in [0.1, 0.15) is 12.3 Å². The number of carbonyl (C=O) groups excluding carboxylic acids is 1. The number of hydrogen-bond acceptors (Lipinski definition) is 5. The van der Waals surface area contributed by atoms with Crippen LogP contribution < -0.4 is 5.32 Å². The van der Waals surface area contributed by atoms with Crippen LogP contribution in [0.5, 0.6) is 0 Å². The van der Waals surface area contributed by atoms with Crippen molar-refractivity contribution in [2.24, 2.45) is 5.92 Å². The summed E-state index contributed by atoms with van der Waals surface area (Å²) in [4.78, 5) is 21.0. The van der Waals surface area contributed by atoms with Gasteiger partial charge in [0.2, 0.25) is 0 Å². The molecule has 0 radical (unpaired) electrons. The molecule has 9 heteroatoms. The van der Waals surface area contributed by atoms with Crippen LogP contribution in [0.3, 0.4) is 0 Å². The molecule has 0 saturated heterocycles. The van der Waals surface area contributed by atoms with E-state index >= 15 is 0 Å². The molecule has 4 rings (SSSR count). The Morgan fingerprint density at radius 2 is 1.73 bits per heavy atom. The lowest BCUT2D eigenvalue weighted by Crippen LogP contribution is -2.16. The zero-order valence-corrected chi connectivity index (χ0v) is 16.9. The number of aromatic nitrogens is 2. The van der Waals surface area contributed by atoms with Crippen LogP contribution >= 0.6 is 0 Å². The van der Waals surface area contributed by atoms with Gasteiger partial charge < -0.3 is 5.32 Å². The van der Waals surface area contributed by atoms with Crippen molar-refractivity contribution in [3.05, 3.63) is 54.5 Å². The summed E-state index contributed by atoms with van der Waals surface area (Å²) in [6, 6.07) is 6.03. The molecule has 0 bridgehead atoms. The van der Waals surface area contributed by atoms with Crippen molar-refractivity contribution in [1.29, 1.82) is 0 Å². The minimum atomic E-state index is -3.35. The SMILES string of the molecule is O=C(Nc1cnccn1)/C(=C/[C@H]1C[C@@H](F)[C@@H](F)C1)c1ccc(S(=O)(=O)C2CC2)cc1. The van der Waals surface area contributed by atoms with Crippen LogP contribution in [-0.2, 0) is 14.6 Å². The summed E-state index contributed by atoms with van der Waals surface area (Å²) in [6.07, 6.45) is 4.03. The van der Waals surface area contributed by atoms with E-state index in [0.717, 1.165) is 0 Å². The fourth-order valence-corrected chi connectivity index (χ4v) is 5.24. The van der Waals surface area contributed by atoms with E-state index in [0.29, 0.717) is 18.4 Å². The maximum Gasteiger partial charge on any atom is 0.257 e. The van der Waals surface area contributed by atoms with Crippen LogP contribution in [0, 0.1) is 5.92 Å². The van der Waals surface area contributed by atoms with Crippen LogP contribution in [-0.4, -0.2) is 41.9 Å². The van der Waals surface area contributed by atoms with Crippen molar-refractivity contribution in [3.63, 3.8) is 0 Å². The first-order valence-corrected chi connectivity index (χ1v) is 11.3. The number of sulfone groups is 1. The lowest BCUT2D eigenvalue weighted by molar-refractivity contribution is -0.111. The highest BCUT2D eigenvalue weighted by atomic mass is 32.2. The Hall–Kier alpha value is -2.68. The fraction of sp³-hybridized carbons (Fsp3) is 0.381. The topological polar surface area (TPSA) is 89.0 Å². The second kappa shape index (κ2) is 8.22. The molecule has 1 N–H and O–H groups in total. The Bertz CT molecular complexity index is 1040. The summed E-state index contributed by atoms with van der Waals surface area (Å²) >= 11 is 0. The number of carbonyl (C=O) groups is 1. The monoisotopic (exact) mass is 433 g/mol. The number of benzene rings is 1. The van der Waals surface area contributed by atoms with Crippen LogP contribution in [0.25, 0.3) is 5.57 Å². The third-order valence-corrected chi connectivity index (χ3v) is 7.64. The maximum absolute atomic E-state index is 13.6. The number of amides is 1. The predicted molar refractivity (Wildman–Crippen MR) is 108 cm³/mol. The number of hydrogen-bond donors (Lipinski definition) is 1. The van der Waals surface area contributed by atoms with Crippen LogP contribution in [0.4, 0.5) is 14.6 Å². The zero-order chi connectivity index (χ0) is 21.3. The summed E-state index contributed by atoms with van der Waals surface area (Å²) in [5, 5.41) is 2.29. The van der Waals surface area contributed by atoms with Crippen molar-refractivity contribution >= 4 is 27.1 Å². The van der Waals surface area contributed by atoms with Crippen molar-refractivity contribution in [1.82, 2.24) is 9.97 Å². The van der Waals surface area contributed by atoms with Gasteiger partial charge in [-0.05, 0) is 49.3 Å². The summed E-state index contributed by atoms with van der Waals surface area (Å²) in [7, 11) is -3.35. The average molecular weight is 433 g/mol. The van der Waals surface area contributed by atoms with Gasteiger partial charge in [0.25, 0.3) is 5.91 Å². The first-order chi connectivity index (χ1) is 14.3. The summed E-state index contributed by atoms with van der Waals surface area (Å²) in [6.45, 7) is 0. The van der Waals surface area contributed by atoms with Gasteiger partial charge in [0, 0.05) is 18.0 Å². The lowest BCUT2D eigenvalue weighted by Gasteiger charge is -2.12. The molecule has 0 aliphatic heterocycles. The normalized spacial score (nSPS) is 24.6. The van der Waals surface area contributed by atoms with Gasteiger partial charge in [-0.2, -0.15) is 0 Å². The van der Waals surface area contributed by atoms with Gasteiger partial charge in [-0.25, -0.2) is 22.2 Å². The third kappa shape index (κ3) is 4.40. The molecular formula is C21H21F2N3O3S. The molecule has 1 aromatic heterocycles. The molecule has 30 heavy (non-hydrogen) atoms. The average Bonchev–Trinajstić information content (AvgIpc) is 3.54. The third-order valence-electron chi connectivity index (χ3n) is 5.36. The number of nitrogens with zero attached hydrogens (tertiary/aromatic N) is 2. The molecule has 0 unspecified atom stereocenters. The lowest BCUT2D eigenvalue weighted by atomic mass is 9.98. The van der Waals surface area contributed by atoms with Crippen LogP contribution in [0.15, 0.2) is 53.8 Å².